The molecule has 108 valence electrons. The van der Waals surface area contributed by atoms with Crippen LogP contribution in [0.5, 0.6) is 0 Å². The second-order valence-corrected chi connectivity index (χ2v) is 4.76. The summed E-state index contributed by atoms with van der Waals surface area (Å²) in [6, 6.07) is 13.3. The minimum absolute atomic E-state index is 0.355. The van der Waals surface area contributed by atoms with Gasteiger partial charge in [-0.25, -0.2) is 4.79 Å². The van der Waals surface area contributed by atoms with Crippen molar-refractivity contribution in [3.8, 4) is 22.3 Å². The van der Waals surface area contributed by atoms with Crippen molar-refractivity contribution >= 4 is 5.97 Å². The van der Waals surface area contributed by atoms with Gasteiger partial charge in [-0.2, -0.15) is 0 Å². The van der Waals surface area contributed by atoms with Crippen LogP contribution in [-0.4, -0.2) is 23.0 Å². The number of rotatable bonds is 3. The first-order valence-corrected chi connectivity index (χ1v) is 6.82. The molecule has 0 aliphatic carbocycles. The lowest BCUT2D eigenvalue weighted by molar-refractivity contribution is 0.0601. The van der Waals surface area contributed by atoms with Crippen molar-refractivity contribution in [2.75, 3.05) is 7.11 Å². The predicted molar refractivity (Wildman–Crippen MR) is 84.2 cm³/mol. The van der Waals surface area contributed by atoms with Gasteiger partial charge in [-0.1, -0.05) is 0 Å². The Labute approximate surface area is 128 Å². The molecule has 0 bridgehead atoms. The smallest absolute Gasteiger partial charge is 0.337 e. The number of nitrogens with zero attached hydrogens (tertiary/aromatic N) is 2. The average molecular weight is 290 g/mol. The fraction of sp³-hybridized carbons (Fsp3) is 0.0556. The number of benzene rings is 1. The highest BCUT2D eigenvalue weighted by molar-refractivity contribution is 5.93. The Morgan fingerprint density at radius 2 is 1.23 bits per heavy atom. The third kappa shape index (κ3) is 2.86. The number of methoxy groups -OCH3 is 1. The van der Waals surface area contributed by atoms with E-state index in [1.165, 1.54) is 7.11 Å². The first-order valence-electron chi connectivity index (χ1n) is 6.82. The number of carbonyl (C=O) groups excluding carboxylic acids is 1. The molecule has 0 saturated heterocycles. The van der Waals surface area contributed by atoms with Crippen molar-refractivity contribution in [1.29, 1.82) is 0 Å². The molecular weight excluding hydrogens is 276 g/mol. The van der Waals surface area contributed by atoms with E-state index in [0.29, 0.717) is 5.56 Å². The van der Waals surface area contributed by atoms with E-state index in [0.717, 1.165) is 22.3 Å². The molecule has 0 amide bonds. The van der Waals surface area contributed by atoms with Crippen LogP contribution < -0.4 is 0 Å². The van der Waals surface area contributed by atoms with Crippen LogP contribution in [0.2, 0.25) is 0 Å². The Hall–Kier alpha value is -3.01. The fourth-order valence-electron chi connectivity index (χ4n) is 2.29. The molecule has 0 N–H and O–H groups in total. The maximum atomic E-state index is 11.9. The Balaban J connectivity index is 2.17. The number of aromatic nitrogens is 2. The molecule has 0 unspecified atom stereocenters. The third-order valence-corrected chi connectivity index (χ3v) is 3.38. The molecule has 2 heterocycles. The van der Waals surface area contributed by atoms with Crippen LogP contribution in [0.3, 0.4) is 0 Å². The molecule has 0 fully saturated rings. The van der Waals surface area contributed by atoms with Gasteiger partial charge < -0.3 is 4.74 Å². The van der Waals surface area contributed by atoms with Gasteiger partial charge in [-0.3, -0.25) is 9.97 Å². The SMILES string of the molecule is COC(=O)c1cc(-c2ccncc2)cc(-c2ccncc2)c1. The van der Waals surface area contributed by atoms with Crippen molar-refractivity contribution in [3.05, 3.63) is 72.8 Å². The molecule has 0 aliphatic heterocycles. The van der Waals surface area contributed by atoms with Crippen molar-refractivity contribution in [3.63, 3.8) is 0 Å². The number of carbonyl (C=O) groups is 1. The first-order chi connectivity index (χ1) is 10.8. The van der Waals surface area contributed by atoms with Crippen LogP contribution in [-0.2, 0) is 4.74 Å². The first kappa shape index (κ1) is 13.9. The van der Waals surface area contributed by atoms with Gasteiger partial charge in [0.15, 0.2) is 0 Å². The summed E-state index contributed by atoms with van der Waals surface area (Å²) >= 11 is 0. The quantitative estimate of drug-likeness (QED) is 0.692. The highest BCUT2D eigenvalue weighted by Crippen LogP contribution is 2.28. The summed E-state index contributed by atoms with van der Waals surface area (Å²) in [7, 11) is 1.38. The molecule has 4 nitrogen and oxygen atoms in total. The molecule has 3 rings (SSSR count). The summed E-state index contributed by atoms with van der Waals surface area (Å²) in [5.41, 5.74) is 4.39. The maximum Gasteiger partial charge on any atom is 0.337 e. The highest BCUT2D eigenvalue weighted by Gasteiger charge is 2.11. The molecule has 0 saturated carbocycles. The van der Waals surface area contributed by atoms with E-state index in [4.69, 9.17) is 4.74 Å². The lowest BCUT2D eigenvalue weighted by Crippen LogP contribution is -2.02. The molecule has 4 heteroatoms. The zero-order valence-electron chi connectivity index (χ0n) is 12.1. The summed E-state index contributed by atoms with van der Waals surface area (Å²) in [5.74, 6) is -0.355. The van der Waals surface area contributed by atoms with Crippen LogP contribution in [0.1, 0.15) is 10.4 Å². The zero-order valence-corrected chi connectivity index (χ0v) is 12.1. The van der Waals surface area contributed by atoms with Gasteiger partial charge in [0, 0.05) is 24.8 Å². The Morgan fingerprint density at radius 1 is 0.773 bits per heavy atom. The predicted octanol–water partition coefficient (Wildman–Crippen LogP) is 3.60. The van der Waals surface area contributed by atoms with Gasteiger partial charge in [-0.05, 0) is 64.7 Å². The molecule has 0 aliphatic rings. The summed E-state index contributed by atoms with van der Waals surface area (Å²) in [6.45, 7) is 0. The van der Waals surface area contributed by atoms with Crippen LogP contribution in [0.4, 0.5) is 0 Å². The Morgan fingerprint density at radius 3 is 1.64 bits per heavy atom. The van der Waals surface area contributed by atoms with Crippen molar-refractivity contribution in [2.45, 2.75) is 0 Å². The molecule has 22 heavy (non-hydrogen) atoms. The lowest BCUT2D eigenvalue weighted by Gasteiger charge is -2.09. The van der Waals surface area contributed by atoms with Crippen LogP contribution in [0.15, 0.2) is 67.3 Å². The minimum atomic E-state index is -0.355. The topological polar surface area (TPSA) is 52.1 Å². The normalized spacial score (nSPS) is 10.2. The molecule has 3 aromatic rings. The van der Waals surface area contributed by atoms with Crippen LogP contribution in [0.25, 0.3) is 22.3 Å². The Kier molecular flexibility index (Phi) is 3.92. The van der Waals surface area contributed by atoms with Crippen molar-refractivity contribution in [2.24, 2.45) is 0 Å². The largest absolute Gasteiger partial charge is 0.465 e. The van der Waals surface area contributed by atoms with Crippen LogP contribution in [0, 0.1) is 0 Å². The highest BCUT2D eigenvalue weighted by atomic mass is 16.5. The maximum absolute atomic E-state index is 11.9. The van der Waals surface area contributed by atoms with Crippen LogP contribution >= 0.6 is 0 Å². The standard InChI is InChI=1S/C18H14N2O2/c1-22-18(21)17-11-15(13-2-6-19-7-3-13)10-16(12-17)14-4-8-20-9-5-14/h2-12H,1H3. The van der Waals surface area contributed by atoms with Gasteiger partial charge in [0.05, 0.1) is 12.7 Å². The summed E-state index contributed by atoms with van der Waals surface area (Å²) < 4.78 is 4.85. The van der Waals surface area contributed by atoms with E-state index in [1.54, 1.807) is 24.8 Å². The number of esters is 1. The van der Waals surface area contributed by atoms with E-state index in [1.807, 2.05) is 42.5 Å². The fourth-order valence-corrected chi connectivity index (χ4v) is 2.29. The molecule has 0 spiro atoms. The van der Waals surface area contributed by atoms with Gasteiger partial charge in [0.1, 0.15) is 0 Å². The summed E-state index contributed by atoms with van der Waals surface area (Å²) in [5, 5.41) is 0. The monoisotopic (exact) mass is 290 g/mol. The molecule has 1 aromatic carbocycles. The third-order valence-electron chi connectivity index (χ3n) is 3.38. The molecule has 2 aromatic heterocycles. The molecule has 0 radical (unpaired) electrons. The van der Waals surface area contributed by atoms with Gasteiger partial charge in [0.25, 0.3) is 0 Å². The lowest BCUT2D eigenvalue weighted by atomic mass is 9.97. The van der Waals surface area contributed by atoms with Crippen molar-refractivity contribution in [1.82, 2.24) is 9.97 Å². The molecular formula is C18H14N2O2. The van der Waals surface area contributed by atoms with Gasteiger partial charge in [0.2, 0.25) is 0 Å². The summed E-state index contributed by atoms with van der Waals surface area (Å²) in [6.07, 6.45) is 6.91. The molecule has 0 atom stereocenters. The number of hydrogen-bond donors (Lipinski definition) is 0. The number of hydrogen-bond acceptors (Lipinski definition) is 4. The average Bonchev–Trinajstić information content (AvgIpc) is 2.62. The van der Waals surface area contributed by atoms with Gasteiger partial charge >= 0.3 is 5.97 Å². The van der Waals surface area contributed by atoms with E-state index >= 15 is 0 Å². The van der Waals surface area contributed by atoms with E-state index < -0.39 is 0 Å². The number of pyridine rings is 2. The summed E-state index contributed by atoms with van der Waals surface area (Å²) in [4.78, 5) is 20.0. The van der Waals surface area contributed by atoms with E-state index in [9.17, 15) is 4.79 Å². The van der Waals surface area contributed by atoms with Crippen molar-refractivity contribution < 1.29 is 9.53 Å². The minimum Gasteiger partial charge on any atom is -0.465 e. The second-order valence-electron chi connectivity index (χ2n) is 4.76. The van der Waals surface area contributed by atoms with Gasteiger partial charge in [-0.15, -0.1) is 0 Å². The Bertz CT molecular complexity index is 729. The zero-order chi connectivity index (χ0) is 15.4. The second kappa shape index (κ2) is 6.18. The number of ether oxygens (including phenoxy) is 1. The van der Waals surface area contributed by atoms with E-state index in [-0.39, 0.29) is 5.97 Å². The van der Waals surface area contributed by atoms with E-state index in [2.05, 4.69) is 9.97 Å².